The average molecular weight is 440 g/mol. The van der Waals surface area contributed by atoms with Crippen LogP contribution in [0.1, 0.15) is 47.9 Å². The van der Waals surface area contributed by atoms with Crippen LogP contribution in [-0.2, 0) is 4.79 Å². The predicted octanol–water partition coefficient (Wildman–Crippen LogP) is 0.297. The molecule has 2 atom stereocenters. The van der Waals surface area contributed by atoms with Crippen molar-refractivity contribution in [1.29, 1.82) is 0 Å². The van der Waals surface area contributed by atoms with Gasteiger partial charge in [0, 0.05) is 55.2 Å². The predicted molar refractivity (Wildman–Crippen MR) is 113 cm³/mol. The molecular weight excluding hydrogens is 408 g/mol. The van der Waals surface area contributed by atoms with Crippen molar-refractivity contribution < 1.29 is 63.7 Å². The topological polar surface area (TPSA) is 85.5 Å². The molecule has 0 saturated carbocycles. The molecule has 0 radical (unpaired) electrons. The summed E-state index contributed by atoms with van der Waals surface area (Å²) in [5, 5.41) is 31.3. The monoisotopic (exact) mass is 440 g/mol. The maximum atomic E-state index is 13.7. The van der Waals surface area contributed by atoms with Crippen molar-refractivity contribution in [3.63, 3.8) is 0 Å². The van der Waals surface area contributed by atoms with E-state index in [0.29, 0.717) is 16.5 Å². The van der Waals surface area contributed by atoms with Crippen LogP contribution in [0.2, 0.25) is 0 Å². The Bertz CT molecular complexity index is 1290. The fourth-order valence-electron chi connectivity index (χ4n) is 3.41. The second-order valence-corrected chi connectivity index (χ2v) is 6.86. The maximum absolute atomic E-state index is 13.7. The number of nitrogens with zero attached hydrogens (tertiary/aromatic N) is 1. The first-order valence-corrected chi connectivity index (χ1v) is 9.22. The number of aliphatic hydroxyl groups excluding tert-OH is 2. The Morgan fingerprint density at radius 3 is 2.55 bits per heavy atom. The summed E-state index contributed by atoms with van der Waals surface area (Å²) in [6.45, 7) is -6.68. The van der Waals surface area contributed by atoms with Crippen molar-refractivity contribution >= 4 is 22.9 Å². The zero-order valence-corrected chi connectivity index (χ0v) is 18.9. The van der Waals surface area contributed by atoms with Crippen molar-refractivity contribution in [1.82, 2.24) is 4.57 Å². The van der Waals surface area contributed by atoms with E-state index in [9.17, 15) is 24.5 Å². The molecule has 0 unspecified atom stereocenters. The Balaban J connectivity index is 0.00000507. The molecule has 0 aliphatic carbocycles. The van der Waals surface area contributed by atoms with E-state index in [1.165, 1.54) is 36.4 Å². The van der Waals surface area contributed by atoms with Crippen LogP contribution in [0.5, 0.6) is 0 Å². The molecule has 0 bridgehead atoms. The molecule has 5 nitrogen and oxygen atoms in total. The summed E-state index contributed by atoms with van der Waals surface area (Å²) in [5.74, 6) is -2.06. The van der Waals surface area contributed by atoms with Gasteiger partial charge in [-0.2, -0.15) is 0 Å². The van der Waals surface area contributed by atoms with Gasteiger partial charge in [0.25, 0.3) is 0 Å². The largest absolute Gasteiger partial charge is 1.00 e. The molecule has 1 aromatic heterocycles. The second kappa shape index (κ2) is 11.1. The number of rotatable bonds is 8. The molecule has 2 N–H and O–H groups in total. The third-order valence-electron chi connectivity index (χ3n) is 4.66. The van der Waals surface area contributed by atoms with Crippen molar-refractivity contribution in [2.45, 2.75) is 44.8 Å². The molecule has 158 valence electrons. The molecule has 7 heteroatoms. The summed E-state index contributed by atoms with van der Waals surface area (Å²) in [6.07, 6.45) is -1.62. The van der Waals surface area contributed by atoms with Gasteiger partial charge in [0.05, 0.1) is 13.6 Å². The van der Waals surface area contributed by atoms with Gasteiger partial charge in [0.1, 0.15) is 5.82 Å². The Labute approximate surface area is 213 Å². The van der Waals surface area contributed by atoms with Crippen LogP contribution in [0, 0.1) is 5.82 Å². The number of fused-ring (bicyclic) bond motifs is 1. The molecule has 0 aliphatic rings. The molecule has 3 aromatic rings. The number of hydrogen-bond donors (Lipinski definition) is 2. The first kappa shape index (κ1) is 16.6. The average Bonchev–Trinajstić information content (AvgIpc) is 3.09. The summed E-state index contributed by atoms with van der Waals surface area (Å²) in [7, 11) is 0. The van der Waals surface area contributed by atoms with Gasteiger partial charge in [-0.3, -0.25) is 0 Å². The number of benzene rings is 2. The fraction of sp³-hybridized carbons (Fsp3) is 0.292. The van der Waals surface area contributed by atoms with E-state index in [1.54, 1.807) is 18.2 Å². The van der Waals surface area contributed by atoms with Crippen molar-refractivity contribution in [2.24, 2.45) is 0 Å². The number of halogens is 1. The van der Waals surface area contributed by atoms with E-state index >= 15 is 0 Å². The van der Waals surface area contributed by atoms with E-state index in [2.05, 4.69) is 0 Å². The van der Waals surface area contributed by atoms with Crippen LogP contribution in [0.4, 0.5) is 4.39 Å². The minimum Gasteiger partial charge on any atom is -0.550 e. The molecule has 1 heterocycles. The van der Waals surface area contributed by atoms with Gasteiger partial charge in [-0.15, -0.1) is 0 Å². The second-order valence-electron chi connectivity index (χ2n) is 6.86. The quantitative estimate of drug-likeness (QED) is 0.494. The van der Waals surface area contributed by atoms with Gasteiger partial charge in [-0.1, -0.05) is 36.4 Å². The molecule has 0 amide bonds. The third kappa shape index (κ3) is 6.05. The van der Waals surface area contributed by atoms with Crippen LogP contribution in [0.3, 0.4) is 0 Å². The fourth-order valence-corrected chi connectivity index (χ4v) is 3.41. The van der Waals surface area contributed by atoms with Gasteiger partial charge in [-0.05, 0) is 43.5 Å². The van der Waals surface area contributed by atoms with Crippen LogP contribution in [-0.4, -0.2) is 33.0 Å². The number of aliphatic hydroxyl groups is 2. The van der Waals surface area contributed by atoms with Gasteiger partial charge in [0.2, 0.25) is 0 Å². The number of aliphatic carboxylic acids is 1. The summed E-state index contributed by atoms with van der Waals surface area (Å²) >= 11 is 0. The SMILES string of the molecule is [2H]C([2H])([2H])C([2H])(n1c(/C=C/[C@@H](O)C[C@@H](O)CC(=O)[O-])c(-c2ccc(F)cc2)c2ccccc21)C([2H])([2H])[2H].[Na+]. The van der Waals surface area contributed by atoms with E-state index in [-0.39, 0.29) is 40.8 Å². The van der Waals surface area contributed by atoms with E-state index < -0.39 is 56.6 Å². The molecule has 0 spiro atoms. The number of carbonyl (C=O) groups is 1. The maximum Gasteiger partial charge on any atom is 1.00 e. The molecule has 31 heavy (non-hydrogen) atoms. The Morgan fingerprint density at radius 1 is 1.23 bits per heavy atom. The van der Waals surface area contributed by atoms with Crippen LogP contribution < -0.4 is 34.7 Å². The van der Waals surface area contributed by atoms with Crippen molar-refractivity contribution in [3.05, 3.63) is 66.1 Å². The number of para-hydroxylation sites is 1. The third-order valence-corrected chi connectivity index (χ3v) is 4.66. The summed E-state index contributed by atoms with van der Waals surface area (Å²) in [6, 6.07) is 8.23. The zero-order valence-electron chi connectivity index (χ0n) is 23.9. The smallest absolute Gasteiger partial charge is 0.550 e. The zero-order chi connectivity index (χ0) is 27.8. The van der Waals surface area contributed by atoms with Crippen molar-refractivity contribution in [3.8, 4) is 11.1 Å². The molecule has 0 fully saturated rings. The first-order valence-electron chi connectivity index (χ1n) is 12.7. The van der Waals surface area contributed by atoms with E-state index in [4.69, 9.17) is 9.60 Å². The summed E-state index contributed by atoms with van der Waals surface area (Å²) in [5.41, 5.74) is 0.721. The van der Waals surface area contributed by atoms with Crippen LogP contribution in [0.15, 0.2) is 54.6 Å². The molecule has 0 aliphatic heterocycles. The number of hydrogen-bond acceptors (Lipinski definition) is 4. The summed E-state index contributed by atoms with van der Waals surface area (Å²) < 4.78 is 71.5. The number of aromatic nitrogens is 1. The van der Waals surface area contributed by atoms with Gasteiger partial charge in [-0.25, -0.2) is 4.39 Å². The minimum atomic E-state index is -3.34. The Morgan fingerprint density at radius 2 is 1.90 bits per heavy atom. The van der Waals surface area contributed by atoms with E-state index in [1.807, 2.05) is 0 Å². The van der Waals surface area contributed by atoms with Crippen LogP contribution in [0.25, 0.3) is 28.1 Å². The van der Waals surface area contributed by atoms with E-state index in [0.717, 1.165) is 10.6 Å². The normalized spacial score (nSPS) is 18.0. The standard InChI is InChI=1S/C24H26FNO4.Na/c1-15(2)26-21-6-4-3-5-20(21)24(16-7-9-17(25)10-8-16)22(26)12-11-18(27)13-19(28)14-23(29)30;/h3-12,15,18-19,27-28H,13-14H2,1-2H3,(H,29,30);/q;+1/p-1/b12-11+;/t18-,19-;/m1./s1/i1D3,2D3,15D;. The number of carbonyl (C=O) groups excluding carboxylic acids is 1. The summed E-state index contributed by atoms with van der Waals surface area (Å²) in [4.78, 5) is 10.7. The molecule has 3 rings (SSSR count). The van der Waals surface area contributed by atoms with Gasteiger partial charge >= 0.3 is 29.6 Å². The van der Waals surface area contributed by atoms with Crippen LogP contribution >= 0.6 is 0 Å². The molecule has 2 aromatic carbocycles. The van der Waals surface area contributed by atoms with Gasteiger partial charge in [0.15, 0.2) is 0 Å². The first-order chi connectivity index (χ1) is 17.1. The molecule has 0 saturated heterocycles. The Hall–Kier alpha value is -1.96. The number of carboxylic acid groups (broad SMARTS) is 1. The van der Waals surface area contributed by atoms with Crippen molar-refractivity contribution in [2.75, 3.05) is 0 Å². The molecular formula is C24H25FNNaO4. The minimum absolute atomic E-state index is 0. The Kier molecular flexibility index (Phi) is 5.94. The van der Waals surface area contributed by atoms with Gasteiger partial charge < -0.3 is 24.7 Å². The number of carboxylic acids is 1.